The standard InChI is InChI=1S/C7H12N2O5S/c1-15(12,13)14-3-2-9-5-6(10)8-4-7(9)11/h2-5H2,1H3,(H,8,10). The predicted octanol–water partition coefficient (Wildman–Crippen LogP) is -2.08. The van der Waals surface area contributed by atoms with Crippen LogP contribution in [0.2, 0.25) is 0 Å². The molecule has 0 aromatic rings. The molecule has 0 bridgehead atoms. The fourth-order valence-corrected chi connectivity index (χ4v) is 1.48. The van der Waals surface area contributed by atoms with E-state index in [1.807, 2.05) is 0 Å². The Bertz CT molecular complexity index is 364. The molecule has 0 aromatic carbocycles. The molecule has 1 heterocycles. The molecule has 8 heteroatoms. The molecule has 1 aliphatic heterocycles. The minimum absolute atomic E-state index is 0.0439. The first kappa shape index (κ1) is 11.9. The molecule has 1 N–H and O–H groups in total. The molecule has 7 nitrogen and oxygen atoms in total. The molecule has 0 radical (unpaired) electrons. The fourth-order valence-electron chi connectivity index (χ4n) is 1.11. The number of rotatable bonds is 4. The van der Waals surface area contributed by atoms with Crippen LogP contribution in [0.5, 0.6) is 0 Å². The fraction of sp³-hybridized carbons (Fsp3) is 0.714. The van der Waals surface area contributed by atoms with Gasteiger partial charge >= 0.3 is 0 Å². The van der Waals surface area contributed by atoms with Gasteiger partial charge in [-0.3, -0.25) is 13.8 Å². The largest absolute Gasteiger partial charge is 0.345 e. The maximum Gasteiger partial charge on any atom is 0.264 e. The number of hydrogen-bond acceptors (Lipinski definition) is 5. The van der Waals surface area contributed by atoms with Gasteiger partial charge in [-0.15, -0.1) is 0 Å². The van der Waals surface area contributed by atoms with Gasteiger partial charge in [0.15, 0.2) is 0 Å². The maximum absolute atomic E-state index is 11.2. The molecule has 0 unspecified atom stereocenters. The van der Waals surface area contributed by atoms with E-state index < -0.39 is 10.1 Å². The first-order valence-corrected chi connectivity index (χ1v) is 6.09. The minimum Gasteiger partial charge on any atom is -0.345 e. The highest BCUT2D eigenvalue weighted by atomic mass is 32.2. The summed E-state index contributed by atoms with van der Waals surface area (Å²) in [4.78, 5) is 23.4. The van der Waals surface area contributed by atoms with Gasteiger partial charge in [-0.1, -0.05) is 0 Å². The van der Waals surface area contributed by atoms with Gasteiger partial charge < -0.3 is 10.2 Å². The molecule has 86 valence electrons. The molecule has 1 aliphatic rings. The summed E-state index contributed by atoms with van der Waals surface area (Å²) in [5.41, 5.74) is 0. The molecule has 0 saturated carbocycles. The highest BCUT2D eigenvalue weighted by Gasteiger charge is 2.22. The van der Waals surface area contributed by atoms with Crippen molar-refractivity contribution in [2.24, 2.45) is 0 Å². The van der Waals surface area contributed by atoms with Gasteiger partial charge in [0, 0.05) is 6.54 Å². The van der Waals surface area contributed by atoms with Crippen LogP contribution in [-0.4, -0.2) is 57.6 Å². The van der Waals surface area contributed by atoms with Gasteiger partial charge in [-0.05, 0) is 0 Å². The van der Waals surface area contributed by atoms with E-state index in [4.69, 9.17) is 0 Å². The van der Waals surface area contributed by atoms with Gasteiger partial charge in [0.1, 0.15) is 0 Å². The van der Waals surface area contributed by atoms with E-state index in [2.05, 4.69) is 9.50 Å². The molecular weight excluding hydrogens is 224 g/mol. The SMILES string of the molecule is CS(=O)(=O)OCCN1CC(=O)NCC1=O. The topological polar surface area (TPSA) is 92.8 Å². The van der Waals surface area contributed by atoms with Crippen LogP contribution >= 0.6 is 0 Å². The van der Waals surface area contributed by atoms with Crippen molar-refractivity contribution in [2.75, 3.05) is 32.5 Å². The normalized spacial score (nSPS) is 17.8. The second-order valence-electron chi connectivity index (χ2n) is 3.12. The lowest BCUT2D eigenvalue weighted by molar-refractivity contribution is -0.140. The van der Waals surface area contributed by atoms with Crippen LogP contribution in [-0.2, 0) is 23.9 Å². The molecule has 0 atom stereocenters. The van der Waals surface area contributed by atoms with Crippen LogP contribution in [0.25, 0.3) is 0 Å². The lowest BCUT2D eigenvalue weighted by atomic mass is 10.3. The van der Waals surface area contributed by atoms with Crippen molar-refractivity contribution < 1.29 is 22.2 Å². The van der Waals surface area contributed by atoms with Crippen molar-refractivity contribution in [1.82, 2.24) is 10.2 Å². The smallest absolute Gasteiger partial charge is 0.264 e. The van der Waals surface area contributed by atoms with E-state index >= 15 is 0 Å². The Morgan fingerprint density at radius 2 is 2.13 bits per heavy atom. The zero-order chi connectivity index (χ0) is 11.5. The molecule has 2 amide bonds. The highest BCUT2D eigenvalue weighted by molar-refractivity contribution is 7.85. The van der Waals surface area contributed by atoms with E-state index in [9.17, 15) is 18.0 Å². The Hall–Kier alpha value is -1.15. The average molecular weight is 236 g/mol. The van der Waals surface area contributed by atoms with Crippen LogP contribution in [0.4, 0.5) is 0 Å². The molecule has 15 heavy (non-hydrogen) atoms. The molecule has 0 spiro atoms. The first-order chi connectivity index (χ1) is 6.88. The zero-order valence-corrected chi connectivity index (χ0v) is 9.04. The van der Waals surface area contributed by atoms with Crippen molar-refractivity contribution in [3.8, 4) is 0 Å². The Labute approximate surface area is 87.5 Å². The number of nitrogens with zero attached hydrogens (tertiary/aromatic N) is 1. The third kappa shape index (κ3) is 4.26. The van der Waals surface area contributed by atoms with E-state index in [1.165, 1.54) is 4.90 Å². The van der Waals surface area contributed by atoms with Crippen LogP contribution in [0, 0.1) is 0 Å². The van der Waals surface area contributed by atoms with E-state index in [-0.39, 0.29) is 38.1 Å². The lowest BCUT2D eigenvalue weighted by Crippen LogP contribution is -2.52. The minimum atomic E-state index is -3.49. The van der Waals surface area contributed by atoms with Gasteiger partial charge in [0.05, 0.1) is 26.0 Å². The van der Waals surface area contributed by atoms with Gasteiger partial charge in [-0.2, -0.15) is 8.42 Å². The molecule has 0 aliphatic carbocycles. The van der Waals surface area contributed by atoms with Crippen LogP contribution in [0.1, 0.15) is 0 Å². The zero-order valence-electron chi connectivity index (χ0n) is 8.23. The number of hydrogen-bond donors (Lipinski definition) is 1. The number of nitrogens with one attached hydrogen (secondary N) is 1. The Kier molecular flexibility index (Phi) is 3.64. The summed E-state index contributed by atoms with van der Waals surface area (Å²) in [6, 6.07) is 0. The third-order valence-electron chi connectivity index (χ3n) is 1.78. The summed E-state index contributed by atoms with van der Waals surface area (Å²) in [5.74, 6) is -0.499. The van der Waals surface area contributed by atoms with Gasteiger partial charge in [0.2, 0.25) is 11.8 Å². The van der Waals surface area contributed by atoms with Crippen LogP contribution < -0.4 is 5.32 Å². The molecule has 1 saturated heterocycles. The number of carbonyl (C=O) groups is 2. The molecule has 1 rings (SSSR count). The Morgan fingerprint density at radius 3 is 2.73 bits per heavy atom. The van der Waals surface area contributed by atoms with Crippen molar-refractivity contribution in [3.05, 3.63) is 0 Å². The van der Waals surface area contributed by atoms with Crippen molar-refractivity contribution in [3.63, 3.8) is 0 Å². The Morgan fingerprint density at radius 1 is 1.47 bits per heavy atom. The Balaban J connectivity index is 2.37. The summed E-state index contributed by atoms with van der Waals surface area (Å²) in [6.45, 7) is -0.124. The van der Waals surface area contributed by atoms with Crippen molar-refractivity contribution >= 4 is 21.9 Å². The van der Waals surface area contributed by atoms with Crippen LogP contribution in [0.15, 0.2) is 0 Å². The number of piperazine rings is 1. The van der Waals surface area contributed by atoms with E-state index in [1.54, 1.807) is 0 Å². The quantitative estimate of drug-likeness (QED) is 0.565. The predicted molar refractivity (Wildman–Crippen MR) is 50.4 cm³/mol. The van der Waals surface area contributed by atoms with Crippen LogP contribution in [0.3, 0.4) is 0 Å². The first-order valence-electron chi connectivity index (χ1n) is 4.27. The summed E-state index contributed by atoms with van der Waals surface area (Å²) in [5, 5.41) is 2.38. The molecule has 1 fully saturated rings. The third-order valence-corrected chi connectivity index (χ3v) is 2.38. The van der Waals surface area contributed by atoms with E-state index in [0.29, 0.717) is 0 Å². The summed E-state index contributed by atoms with van der Waals surface area (Å²) in [6.07, 6.45) is 0.928. The maximum atomic E-state index is 11.2. The monoisotopic (exact) mass is 236 g/mol. The average Bonchev–Trinajstić information content (AvgIpc) is 2.09. The number of amides is 2. The summed E-state index contributed by atoms with van der Waals surface area (Å²) < 4.78 is 25.7. The molecular formula is C7H12N2O5S. The van der Waals surface area contributed by atoms with Gasteiger partial charge in [-0.25, -0.2) is 0 Å². The second kappa shape index (κ2) is 4.58. The second-order valence-corrected chi connectivity index (χ2v) is 4.76. The lowest BCUT2D eigenvalue weighted by Gasteiger charge is -2.26. The van der Waals surface area contributed by atoms with E-state index in [0.717, 1.165) is 6.26 Å². The van der Waals surface area contributed by atoms with Crippen molar-refractivity contribution in [1.29, 1.82) is 0 Å². The van der Waals surface area contributed by atoms with Gasteiger partial charge in [0.25, 0.3) is 10.1 Å². The molecule has 0 aromatic heterocycles. The number of carbonyl (C=O) groups excluding carboxylic acids is 2. The highest BCUT2D eigenvalue weighted by Crippen LogP contribution is 1.96. The summed E-state index contributed by atoms with van der Waals surface area (Å²) >= 11 is 0. The summed E-state index contributed by atoms with van der Waals surface area (Å²) in [7, 11) is -3.49. The van der Waals surface area contributed by atoms with Crippen molar-refractivity contribution in [2.45, 2.75) is 0 Å².